The van der Waals surface area contributed by atoms with Crippen molar-refractivity contribution in [3.63, 3.8) is 0 Å². The molecule has 1 nitrogen and oxygen atoms in total. The van der Waals surface area contributed by atoms with Crippen molar-refractivity contribution in [3.8, 4) is 0 Å². The molecule has 0 aliphatic heterocycles. The van der Waals surface area contributed by atoms with Crippen LogP contribution in [0.1, 0.15) is 27.7 Å². The third kappa shape index (κ3) is 4.91. The van der Waals surface area contributed by atoms with Crippen LogP contribution < -0.4 is 0 Å². The lowest BCUT2D eigenvalue weighted by atomic mass is 10.1. The lowest BCUT2D eigenvalue weighted by molar-refractivity contribution is 0.231. The Hall–Kier alpha value is -0.820. The molecule has 1 atom stereocenters. The highest BCUT2D eigenvalue weighted by atomic mass is 16.3. The lowest BCUT2D eigenvalue weighted by Gasteiger charge is -2.00. The van der Waals surface area contributed by atoms with Gasteiger partial charge in [-0.1, -0.05) is 29.9 Å². The summed E-state index contributed by atoms with van der Waals surface area (Å²) < 4.78 is 0. The summed E-state index contributed by atoms with van der Waals surface area (Å²) in [5.74, 6) is 0. The number of allylic oxidation sites excluding steroid dienone is 5. The topological polar surface area (TPSA) is 20.2 Å². The fourth-order valence-corrected chi connectivity index (χ4v) is 0.587. The van der Waals surface area contributed by atoms with Gasteiger partial charge in [0, 0.05) is 0 Å². The Kier molecular flexibility index (Phi) is 5.39. The quantitative estimate of drug-likeness (QED) is 0.639. The van der Waals surface area contributed by atoms with Crippen molar-refractivity contribution in [1.82, 2.24) is 0 Å². The first kappa shape index (κ1) is 11.2. The molecule has 0 aromatic rings. The SMILES string of the molecule is C\C=C(C)/C=C/C=C(\C)C(C)O. The summed E-state index contributed by atoms with van der Waals surface area (Å²) in [5, 5.41) is 9.13. The summed E-state index contributed by atoms with van der Waals surface area (Å²) in [5.41, 5.74) is 2.21. The maximum absolute atomic E-state index is 9.13. The Morgan fingerprint density at radius 2 is 1.92 bits per heavy atom. The van der Waals surface area contributed by atoms with Crippen LogP contribution in [0.4, 0.5) is 0 Å². The highest BCUT2D eigenvalue weighted by Gasteiger charge is 1.93. The molecule has 0 rings (SSSR count). The van der Waals surface area contributed by atoms with Crippen molar-refractivity contribution in [3.05, 3.63) is 35.5 Å². The number of hydrogen-bond donors (Lipinski definition) is 1. The first-order chi connectivity index (χ1) is 5.57. The Balaban J connectivity index is 4.12. The summed E-state index contributed by atoms with van der Waals surface area (Å²) in [7, 11) is 0. The molecule has 0 amide bonds. The van der Waals surface area contributed by atoms with E-state index in [1.54, 1.807) is 6.92 Å². The Morgan fingerprint density at radius 3 is 2.33 bits per heavy atom. The van der Waals surface area contributed by atoms with Crippen LogP contribution >= 0.6 is 0 Å². The van der Waals surface area contributed by atoms with Gasteiger partial charge >= 0.3 is 0 Å². The van der Waals surface area contributed by atoms with Gasteiger partial charge in [-0.25, -0.2) is 0 Å². The zero-order valence-electron chi connectivity index (χ0n) is 8.33. The van der Waals surface area contributed by atoms with Crippen LogP contribution in [0.5, 0.6) is 0 Å². The van der Waals surface area contributed by atoms with Gasteiger partial charge in [0.05, 0.1) is 6.10 Å². The van der Waals surface area contributed by atoms with Crippen molar-refractivity contribution >= 4 is 0 Å². The molecule has 1 heteroatoms. The van der Waals surface area contributed by atoms with Crippen molar-refractivity contribution in [2.75, 3.05) is 0 Å². The fraction of sp³-hybridized carbons (Fsp3) is 0.455. The Morgan fingerprint density at radius 1 is 1.33 bits per heavy atom. The predicted molar refractivity (Wildman–Crippen MR) is 54.0 cm³/mol. The van der Waals surface area contributed by atoms with Crippen LogP contribution in [0.2, 0.25) is 0 Å². The average Bonchev–Trinajstić information content (AvgIpc) is 2.03. The molecule has 68 valence electrons. The molecular weight excluding hydrogens is 148 g/mol. The second kappa shape index (κ2) is 5.78. The van der Waals surface area contributed by atoms with E-state index in [-0.39, 0.29) is 6.10 Å². The largest absolute Gasteiger partial charge is 0.389 e. The monoisotopic (exact) mass is 166 g/mol. The molecule has 0 aliphatic carbocycles. The van der Waals surface area contributed by atoms with Crippen LogP contribution in [-0.2, 0) is 0 Å². The third-order valence-electron chi connectivity index (χ3n) is 1.83. The highest BCUT2D eigenvalue weighted by molar-refractivity contribution is 5.22. The van der Waals surface area contributed by atoms with Gasteiger partial charge in [0.2, 0.25) is 0 Å². The molecule has 0 saturated heterocycles. The maximum Gasteiger partial charge on any atom is 0.0722 e. The number of hydrogen-bond acceptors (Lipinski definition) is 1. The maximum atomic E-state index is 9.13. The van der Waals surface area contributed by atoms with Crippen LogP contribution in [0.3, 0.4) is 0 Å². The van der Waals surface area contributed by atoms with Crippen LogP contribution in [0, 0.1) is 0 Å². The van der Waals surface area contributed by atoms with Crippen LogP contribution in [-0.4, -0.2) is 11.2 Å². The molecule has 0 spiro atoms. The minimum absolute atomic E-state index is 0.347. The molecule has 0 aromatic heterocycles. The van der Waals surface area contributed by atoms with E-state index in [0.717, 1.165) is 5.57 Å². The molecule has 0 saturated carbocycles. The number of rotatable bonds is 3. The molecule has 0 heterocycles. The fourth-order valence-electron chi connectivity index (χ4n) is 0.587. The van der Waals surface area contributed by atoms with Crippen LogP contribution in [0.15, 0.2) is 35.5 Å². The molecule has 0 aromatic carbocycles. The van der Waals surface area contributed by atoms with E-state index >= 15 is 0 Å². The van der Waals surface area contributed by atoms with Gasteiger partial charge in [-0.3, -0.25) is 0 Å². The van der Waals surface area contributed by atoms with E-state index in [0.29, 0.717) is 0 Å². The summed E-state index contributed by atoms with van der Waals surface area (Å²) in [6.45, 7) is 7.73. The second-order valence-electron chi connectivity index (χ2n) is 2.98. The second-order valence-corrected chi connectivity index (χ2v) is 2.98. The molecule has 1 N–H and O–H groups in total. The van der Waals surface area contributed by atoms with Crippen molar-refractivity contribution in [2.45, 2.75) is 33.8 Å². The minimum atomic E-state index is -0.347. The van der Waals surface area contributed by atoms with Gasteiger partial charge in [0.15, 0.2) is 0 Å². The molecule has 0 radical (unpaired) electrons. The molecule has 0 fully saturated rings. The van der Waals surface area contributed by atoms with E-state index in [9.17, 15) is 0 Å². The lowest BCUT2D eigenvalue weighted by Crippen LogP contribution is -1.99. The van der Waals surface area contributed by atoms with Crippen molar-refractivity contribution in [1.29, 1.82) is 0 Å². The summed E-state index contributed by atoms with van der Waals surface area (Å²) in [6.07, 6.45) is 7.60. The van der Waals surface area contributed by atoms with E-state index in [4.69, 9.17) is 5.11 Å². The van der Waals surface area contributed by atoms with E-state index in [2.05, 4.69) is 0 Å². The molecule has 0 aliphatic rings. The average molecular weight is 166 g/mol. The zero-order chi connectivity index (χ0) is 9.56. The van der Waals surface area contributed by atoms with E-state index < -0.39 is 0 Å². The molecule has 1 unspecified atom stereocenters. The van der Waals surface area contributed by atoms with E-state index in [1.165, 1.54) is 5.57 Å². The molecule has 0 bridgehead atoms. The summed E-state index contributed by atoms with van der Waals surface area (Å²) in [6, 6.07) is 0. The molecule has 12 heavy (non-hydrogen) atoms. The first-order valence-corrected chi connectivity index (χ1v) is 4.23. The van der Waals surface area contributed by atoms with E-state index in [1.807, 2.05) is 45.1 Å². The zero-order valence-corrected chi connectivity index (χ0v) is 8.33. The molecular formula is C11H18O. The van der Waals surface area contributed by atoms with Gasteiger partial charge in [0.25, 0.3) is 0 Å². The smallest absolute Gasteiger partial charge is 0.0722 e. The van der Waals surface area contributed by atoms with Crippen molar-refractivity contribution in [2.24, 2.45) is 0 Å². The van der Waals surface area contributed by atoms with Gasteiger partial charge in [-0.15, -0.1) is 0 Å². The standard InChI is InChI=1S/C11H18O/c1-5-9(2)7-6-8-10(3)11(4)12/h5-8,11-12H,1-4H3/b7-6+,9-5-,10-8+. The Labute approximate surface area is 75.1 Å². The van der Waals surface area contributed by atoms with Crippen LogP contribution in [0.25, 0.3) is 0 Å². The predicted octanol–water partition coefficient (Wildman–Crippen LogP) is 2.84. The highest BCUT2D eigenvalue weighted by Crippen LogP contribution is 2.01. The first-order valence-electron chi connectivity index (χ1n) is 4.23. The van der Waals surface area contributed by atoms with Gasteiger partial charge in [-0.05, 0) is 33.3 Å². The Bertz CT molecular complexity index is 207. The summed E-state index contributed by atoms with van der Waals surface area (Å²) >= 11 is 0. The normalized spacial score (nSPS) is 17.1. The summed E-state index contributed by atoms with van der Waals surface area (Å²) in [4.78, 5) is 0. The minimum Gasteiger partial charge on any atom is -0.389 e. The number of aliphatic hydroxyl groups excluding tert-OH is 1. The van der Waals surface area contributed by atoms with Gasteiger partial charge in [-0.2, -0.15) is 0 Å². The van der Waals surface area contributed by atoms with Gasteiger partial charge in [0.1, 0.15) is 0 Å². The van der Waals surface area contributed by atoms with Crippen molar-refractivity contribution < 1.29 is 5.11 Å². The third-order valence-corrected chi connectivity index (χ3v) is 1.83. The van der Waals surface area contributed by atoms with Gasteiger partial charge < -0.3 is 5.11 Å². The number of aliphatic hydroxyl groups is 1.